The summed E-state index contributed by atoms with van der Waals surface area (Å²) in [5.41, 5.74) is 2.04. The molecule has 0 spiro atoms. The lowest BCUT2D eigenvalue weighted by atomic mass is 9.78. The molecule has 1 amide bonds. The minimum atomic E-state index is -0.346. The van der Waals surface area contributed by atoms with E-state index < -0.39 is 0 Å². The van der Waals surface area contributed by atoms with Gasteiger partial charge < -0.3 is 19.7 Å². The van der Waals surface area contributed by atoms with Crippen LogP contribution in [0.25, 0.3) is 0 Å². The molecule has 2 aliphatic heterocycles. The zero-order chi connectivity index (χ0) is 18.6. The second-order valence-electron chi connectivity index (χ2n) is 7.84. The Kier molecular flexibility index (Phi) is 7.95. The summed E-state index contributed by atoms with van der Waals surface area (Å²) in [5.74, 6) is 1.25. The highest BCUT2D eigenvalue weighted by molar-refractivity contribution is 5.85. The van der Waals surface area contributed by atoms with Crippen molar-refractivity contribution in [2.45, 2.75) is 45.6 Å². The molecule has 0 aliphatic carbocycles. The Balaban J connectivity index is 0.00000261. The van der Waals surface area contributed by atoms with Gasteiger partial charge in [0.2, 0.25) is 5.91 Å². The fraction of sp³-hybridized carbons (Fsp3) is 0.667. The molecule has 3 rings (SSSR count). The number of carbonyl (C=O) groups excluding carboxylic acids is 1. The maximum atomic E-state index is 13.2. The number of carbonyl (C=O) groups is 1. The van der Waals surface area contributed by atoms with Gasteiger partial charge in [-0.05, 0) is 57.0 Å². The van der Waals surface area contributed by atoms with Crippen LogP contribution in [0.4, 0.5) is 0 Å². The van der Waals surface area contributed by atoms with Gasteiger partial charge in [-0.2, -0.15) is 0 Å². The zero-order valence-electron chi connectivity index (χ0n) is 16.8. The van der Waals surface area contributed by atoms with Crippen molar-refractivity contribution in [2.75, 3.05) is 39.9 Å². The van der Waals surface area contributed by atoms with Gasteiger partial charge in [0.15, 0.2) is 0 Å². The van der Waals surface area contributed by atoms with Crippen molar-refractivity contribution < 1.29 is 14.3 Å². The highest BCUT2D eigenvalue weighted by Gasteiger charge is 2.43. The van der Waals surface area contributed by atoms with Crippen molar-refractivity contribution >= 4 is 18.3 Å². The van der Waals surface area contributed by atoms with Crippen LogP contribution in [0.3, 0.4) is 0 Å². The number of hydrogen-bond acceptors (Lipinski definition) is 4. The van der Waals surface area contributed by atoms with Gasteiger partial charge in [0.05, 0.1) is 12.0 Å². The molecule has 2 fully saturated rings. The number of likely N-dealkylation sites (tertiary alicyclic amines) is 1. The van der Waals surface area contributed by atoms with Crippen molar-refractivity contribution in [3.63, 3.8) is 0 Å². The maximum Gasteiger partial charge on any atom is 0.231 e. The molecule has 6 heteroatoms. The van der Waals surface area contributed by atoms with Crippen molar-refractivity contribution in [1.29, 1.82) is 0 Å². The summed E-state index contributed by atoms with van der Waals surface area (Å²) in [6.07, 6.45) is 3.68. The minimum absolute atomic E-state index is 0. The number of halogens is 1. The summed E-state index contributed by atoms with van der Waals surface area (Å²) in [6, 6.07) is 6.32. The Hall–Kier alpha value is -1.30. The average Bonchev–Trinajstić information content (AvgIpc) is 2.66. The molecule has 5 nitrogen and oxygen atoms in total. The number of nitrogens with zero attached hydrogens (tertiary/aromatic N) is 1. The van der Waals surface area contributed by atoms with Crippen molar-refractivity contribution in [3.05, 3.63) is 29.3 Å². The first-order valence-corrected chi connectivity index (χ1v) is 9.77. The Bertz CT molecular complexity index is 618. The number of nitrogens with one attached hydrogen (secondary N) is 1. The van der Waals surface area contributed by atoms with E-state index in [4.69, 9.17) is 9.47 Å². The highest BCUT2D eigenvalue weighted by atomic mass is 35.5. The van der Waals surface area contributed by atoms with Crippen LogP contribution in [0.1, 0.15) is 36.8 Å². The molecule has 2 heterocycles. The summed E-state index contributed by atoms with van der Waals surface area (Å²) in [4.78, 5) is 15.2. The quantitative estimate of drug-likeness (QED) is 0.830. The van der Waals surface area contributed by atoms with Crippen LogP contribution in [0.2, 0.25) is 0 Å². The molecule has 0 atom stereocenters. The van der Waals surface area contributed by atoms with Crippen LogP contribution in [-0.4, -0.2) is 56.8 Å². The number of hydrogen-bond donors (Lipinski definition) is 1. The van der Waals surface area contributed by atoms with E-state index >= 15 is 0 Å². The lowest BCUT2D eigenvalue weighted by molar-refractivity contribution is -0.149. The first-order valence-electron chi connectivity index (χ1n) is 9.77. The van der Waals surface area contributed by atoms with Crippen LogP contribution in [0.5, 0.6) is 5.75 Å². The third-order valence-electron chi connectivity index (χ3n) is 5.80. The predicted octanol–water partition coefficient (Wildman–Crippen LogP) is 3.11. The lowest BCUT2D eigenvalue weighted by Crippen LogP contribution is -2.54. The molecule has 2 saturated heterocycles. The van der Waals surface area contributed by atoms with Gasteiger partial charge in [-0.25, -0.2) is 0 Å². The molecule has 0 radical (unpaired) electrons. The Morgan fingerprint density at radius 3 is 2.52 bits per heavy atom. The summed E-state index contributed by atoms with van der Waals surface area (Å²) < 4.78 is 11.7. The fourth-order valence-corrected chi connectivity index (χ4v) is 4.13. The van der Waals surface area contributed by atoms with E-state index in [2.05, 4.69) is 37.4 Å². The molecule has 0 aromatic heterocycles. The van der Waals surface area contributed by atoms with Gasteiger partial charge in [-0.3, -0.25) is 4.79 Å². The highest BCUT2D eigenvalue weighted by Crippen LogP contribution is 2.33. The number of piperidine rings is 2. The van der Waals surface area contributed by atoms with Crippen LogP contribution in [-0.2, 0) is 9.53 Å². The third kappa shape index (κ3) is 5.15. The number of benzene rings is 1. The van der Waals surface area contributed by atoms with Gasteiger partial charge in [0.25, 0.3) is 0 Å². The fourth-order valence-electron chi connectivity index (χ4n) is 4.13. The van der Waals surface area contributed by atoms with Crippen LogP contribution < -0.4 is 10.1 Å². The number of ether oxygens (including phenoxy) is 2. The SMILES string of the molecule is COCC1(C(=O)N2CCC(Oc3cc(C)ccc3C)CC2)CCNCC1.Cl. The minimum Gasteiger partial charge on any atom is -0.490 e. The molecule has 1 N–H and O–H groups in total. The van der Waals surface area contributed by atoms with Gasteiger partial charge in [0.1, 0.15) is 11.9 Å². The number of rotatable bonds is 5. The summed E-state index contributed by atoms with van der Waals surface area (Å²) in [7, 11) is 1.70. The second-order valence-corrected chi connectivity index (χ2v) is 7.84. The van der Waals surface area contributed by atoms with Crippen molar-refractivity contribution in [3.8, 4) is 5.75 Å². The predicted molar refractivity (Wildman–Crippen MR) is 110 cm³/mol. The monoisotopic (exact) mass is 396 g/mol. The van der Waals surface area contributed by atoms with Crippen LogP contribution in [0, 0.1) is 19.3 Å². The molecule has 0 bridgehead atoms. The Morgan fingerprint density at radius 1 is 1.22 bits per heavy atom. The molecule has 0 unspecified atom stereocenters. The lowest BCUT2D eigenvalue weighted by Gasteiger charge is -2.42. The molecule has 0 saturated carbocycles. The summed E-state index contributed by atoms with van der Waals surface area (Å²) >= 11 is 0. The molecular formula is C21H33ClN2O3. The Morgan fingerprint density at radius 2 is 1.89 bits per heavy atom. The summed E-state index contributed by atoms with van der Waals surface area (Å²) in [5, 5.41) is 3.35. The molecule has 1 aromatic carbocycles. The largest absolute Gasteiger partial charge is 0.490 e. The number of amides is 1. The first-order chi connectivity index (χ1) is 12.5. The normalized spacial score (nSPS) is 20.0. The third-order valence-corrected chi connectivity index (χ3v) is 5.80. The van der Waals surface area contributed by atoms with E-state index in [0.717, 1.165) is 57.6 Å². The van der Waals surface area contributed by atoms with E-state index in [1.807, 2.05) is 4.90 Å². The first kappa shape index (κ1) is 22.0. The molecule has 152 valence electrons. The van der Waals surface area contributed by atoms with E-state index in [0.29, 0.717) is 6.61 Å². The van der Waals surface area contributed by atoms with Crippen molar-refractivity contribution in [1.82, 2.24) is 10.2 Å². The van der Waals surface area contributed by atoms with Crippen LogP contribution >= 0.6 is 12.4 Å². The molecule has 27 heavy (non-hydrogen) atoms. The van der Waals surface area contributed by atoms with E-state index in [1.165, 1.54) is 11.1 Å². The molecule has 1 aromatic rings. The van der Waals surface area contributed by atoms with Gasteiger partial charge in [0, 0.05) is 33.0 Å². The second kappa shape index (κ2) is 9.76. The summed E-state index contributed by atoms with van der Waals surface area (Å²) in [6.45, 7) is 8.01. The van der Waals surface area contributed by atoms with Gasteiger partial charge in [-0.15, -0.1) is 12.4 Å². The van der Waals surface area contributed by atoms with Gasteiger partial charge in [-0.1, -0.05) is 12.1 Å². The standard InChI is InChI=1S/C21H32N2O3.ClH/c1-16-4-5-17(2)19(14-16)26-18-6-12-23(13-7-18)20(24)21(15-25-3)8-10-22-11-9-21;/h4-5,14,18,22H,6-13,15H2,1-3H3;1H. The number of methoxy groups -OCH3 is 1. The zero-order valence-corrected chi connectivity index (χ0v) is 17.6. The van der Waals surface area contributed by atoms with Gasteiger partial charge >= 0.3 is 0 Å². The number of aryl methyl sites for hydroxylation is 2. The topological polar surface area (TPSA) is 50.8 Å². The average molecular weight is 397 g/mol. The molecular weight excluding hydrogens is 364 g/mol. The van der Waals surface area contributed by atoms with E-state index in [1.54, 1.807) is 7.11 Å². The van der Waals surface area contributed by atoms with E-state index in [-0.39, 0.29) is 29.8 Å². The van der Waals surface area contributed by atoms with Crippen molar-refractivity contribution in [2.24, 2.45) is 5.41 Å². The molecule has 2 aliphatic rings. The maximum absolute atomic E-state index is 13.2. The van der Waals surface area contributed by atoms with Crippen LogP contribution in [0.15, 0.2) is 18.2 Å². The smallest absolute Gasteiger partial charge is 0.231 e. The Labute approximate surface area is 169 Å². The van der Waals surface area contributed by atoms with E-state index in [9.17, 15) is 4.79 Å².